The molecule has 0 bridgehead atoms. The molecule has 3 unspecified atom stereocenters. The Hall–Kier alpha value is -1.55. The smallest absolute Gasteiger partial charge is 0.221 e. The van der Waals surface area contributed by atoms with Crippen LogP contribution in [0.25, 0.3) is 0 Å². The van der Waals surface area contributed by atoms with Gasteiger partial charge in [0.05, 0.1) is 6.10 Å². The van der Waals surface area contributed by atoms with E-state index in [0.717, 1.165) is 24.6 Å². The fourth-order valence-electron chi connectivity index (χ4n) is 4.95. The number of hydrogen-bond acceptors (Lipinski definition) is 3. The minimum absolute atomic E-state index is 0.0279. The van der Waals surface area contributed by atoms with Crippen molar-refractivity contribution in [3.05, 3.63) is 23.8 Å². The fraction of sp³-hybridized carbons (Fsp3) is 0.650. The van der Waals surface area contributed by atoms with Gasteiger partial charge in [-0.05, 0) is 49.8 Å². The zero-order chi connectivity index (χ0) is 16.5. The van der Waals surface area contributed by atoms with Crippen LogP contribution in [0.5, 0.6) is 0 Å². The van der Waals surface area contributed by atoms with Crippen molar-refractivity contribution in [1.29, 1.82) is 0 Å². The third-order valence-corrected chi connectivity index (χ3v) is 5.99. The molecule has 4 heteroatoms. The number of carbonyl (C=O) groups excluding carboxylic acids is 1. The Balaban J connectivity index is 1.65. The van der Waals surface area contributed by atoms with Crippen LogP contribution in [0.1, 0.15) is 63.5 Å². The molecule has 4 nitrogen and oxygen atoms in total. The first-order valence-corrected chi connectivity index (χ1v) is 9.52. The molecule has 1 aromatic rings. The molecule has 2 N–H and O–H groups in total. The number of fused-ring (bicyclic) bond motifs is 3. The summed E-state index contributed by atoms with van der Waals surface area (Å²) in [6, 6.07) is 6.75. The molecule has 3 aliphatic rings. The number of nitrogens with one attached hydrogen (secondary N) is 2. The second kappa shape index (κ2) is 6.75. The third kappa shape index (κ3) is 3.04. The lowest BCUT2D eigenvalue weighted by Gasteiger charge is -2.47. The van der Waals surface area contributed by atoms with E-state index >= 15 is 0 Å². The van der Waals surface area contributed by atoms with Gasteiger partial charge in [0, 0.05) is 42.4 Å². The molecule has 1 aromatic carbocycles. The van der Waals surface area contributed by atoms with Crippen LogP contribution in [-0.4, -0.2) is 18.6 Å². The van der Waals surface area contributed by atoms with Gasteiger partial charge in [-0.25, -0.2) is 0 Å². The number of hydrogen-bond donors (Lipinski definition) is 2. The van der Waals surface area contributed by atoms with Crippen LogP contribution < -0.4 is 10.6 Å². The van der Waals surface area contributed by atoms with Gasteiger partial charge < -0.3 is 15.4 Å². The summed E-state index contributed by atoms with van der Waals surface area (Å²) in [5, 5.41) is 6.76. The maximum absolute atomic E-state index is 11.4. The van der Waals surface area contributed by atoms with E-state index in [1.165, 1.54) is 49.8 Å². The minimum atomic E-state index is -0.0279. The molecule has 0 aromatic heterocycles. The topological polar surface area (TPSA) is 50.4 Å². The molecule has 1 saturated carbocycles. The van der Waals surface area contributed by atoms with Crippen LogP contribution in [0.3, 0.4) is 0 Å². The minimum Gasteiger partial charge on any atom is -0.381 e. The summed E-state index contributed by atoms with van der Waals surface area (Å²) in [4.78, 5) is 11.4. The highest BCUT2D eigenvalue weighted by Crippen LogP contribution is 2.48. The van der Waals surface area contributed by atoms with Crippen LogP contribution >= 0.6 is 0 Å². The van der Waals surface area contributed by atoms with E-state index in [9.17, 15) is 4.79 Å². The first kappa shape index (κ1) is 15.9. The maximum atomic E-state index is 11.4. The maximum Gasteiger partial charge on any atom is 0.221 e. The number of anilines is 2. The van der Waals surface area contributed by atoms with Crippen molar-refractivity contribution in [2.75, 3.05) is 17.2 Å². The molecule has 2 aliphatic heterocycles. The molecular formula is C20H28N2O2. The van der Waals surface area contributed by atoms with Crippen molar-refractivity contribution in [3.8, 4) is 0 Å². The quantitative estimate of drug-likeness (QED) is 0.841. The predicted molar refractivity (Wildman–Crippen MR) is 96.1 cm³/mol. The first-order valence-electron chi connectivity index (χ1n) is 9.52. The second-order valence-electron chi connectivity index (χ2n) is 7.65. The average molecular weight is 328 g/mol. The number of amides is 1. The van der Waals surface area contributed by atoms with E-state index in [0.29, 0.717) is 12.0 Å². The Kier molecular flexibility index (Phi) is 4.49. The Labute approximate surface area is 144 Å². The summed E-state index contributed by atoms with van der Waals surface area (Å²) >= 11 is 0. The van der Waals surface area contributed by atoms with E-state index < -0.39 is 0 Å². The SMILES string of the molecule is CC(=O)Nc1ccc2c(c1)C1OCCCC1C(C1CCCCC1)N2. The molecule has 2 heterocycles. The molecule has 0 spiro atoms. The lowest BCUT2D eigenvalue weighted by Crippen LogP contribution is -2.46. The third-order valence-electron chi connectivity index (χ3n) is 5.99. The molecule has 1 saturated heterocycles. The van der Waals surface area contributed by atoms with Gasteiger partial charge >= 0.3 is 0 Å². The summed E-state index contributed by atoms with van der Waals surface area (Å²) in [5.74, 6) is 1.30. The van der Waals surface area contributed by atoms with Crippen LogP contribution in [0.4, 0.5) is 11.4 Å². The van der Waals surface area contributed by atoms with E-state index in [1.807, 2.05) is 6.07 Å². The van der Waals surface area contributed by atoms with Gasteiger partial charge in [-0.3, -0.25) is 4.79 Å². The van der Waals surface area contributed by atoms with Crippen molar-refractivity contribution < 1.29 is 9.53 Å². The molecule has 1 amide bonds. The highest BCUT2D eigenvalue weighted by atomic mass is 16.5. The Morgan fingerprint density at radius 2 is 2.00 bits per heavy atom. The van der Waals surface area contributed by atoms with Gasteiger partial charge in [0.2, 0.25) is 5.91 Å². The van der Waals surface area contributed by atoms with Crippen LogP contribution in [0.15, 0.2) is 18.2 Å². The van der Waals surface area contributed by atoms with Crippen molar-refractivity contribution in [3.63, 3.8) is 0 Å². The van der Waals surface area contributed by atoms with Gasteiger partial charge in [-0.1, -0.05) is 19.3 Å². The van der Waals surface area contributed by atoms with Gasteiger partial charge in [-0.15, -0.1) is 0 Å². The van der Waals surface area contributed by atoms with E-state index in [1.54, 1.807) is 6.92 Å². The highest BCUT2D eigenvalue weighted by molar-refractivity contribution is 5.89. The van der Waals surface area contributed by atoms with Gasteiger partial charge in [0.1, 0.15) is 0 Å². The van der Waals surface area contributed by atoms with Gasteiger partial charge in [-0.2, -0.15) is 0 Å². The molecule has 0 radical (unpaired) electrons. The summed E-state index contributed by atoms with van der Waals surface area (Å²) < 4.78 is 6.24. The molecule has 130 valence electrons. The van der Waals surface area contributed by atoms with E-state index in [2.05, 4.69) is 22.8 Å². The van der Waals surface area contributed by atoms with Crippen LogP contribution in [-0.2, 0) is 9.53 Å². The zero-order valence-corrected chi connectivity index (χ0v) is 14.5. The summed E-state index contributed by atoms with van der Waals surface area (Å²) in [6.07, 6.45) is 9.40. The van der Waals surface area contributed by atoms with Crippen molar-refractivity contribution in [1.82, 2.24) is 0 Å². The molecule has 3 atom stereocenters. The van der Waals surface area contributed by atoms with Gasteiger partial charge in [0.15, 0.2) is 0 Å². The summed E-state index contributed by atoms with van der Waals surface area (Å²) in [5.41, 5.74) is 3.29. The number of carbonyl (C=O) groups is 1. The standard InChI is InChI=1S/C20H28N2O2/c1-13(23)21-15-9-10-18-17(12-15)20-16(8-5-11-24-20)19(22-18)14-6-3-2-4-7-14/h9-10,12,14,16,19-20,22H,2-8,11H2,1H3,(H,21,23). The van der Waals surface area contributed by atoms with E-state index in [4.69, 9.17) is 4.74 Å². The highest BCUT2D eigenvalue weighted by Gasteiger charge is 2.42. The molecule has 24 heavy (non-hydrogen) atoms. The Morgan fingerprint density at radius 3 is 2.79 bits per heavy atom. The largest absolute Gasteiger partial charge is 0.381 e. The van der Waals surface area contributed by atoms with Crippen LogP contribution in [0, 0.1) is 11.8 Å². The van der Waals surface area contributed by atoms with Crippen molar-refractivity contribution in [2.45, 2.75) is 64.0 Å². The van der Waals surface area contributed by atoms with E-state index in [-0.39, 0.29) is 12.0 Å². The Bertz CT molecular complexity index is 610. The zero-order valence-electron chi connectivity index (χ0n) is 14.5. The first-order chi connectivity index (χ1) is 11.7. The predicted octanol–water partition coefficient (Wildman–Crippen LogP) is 4.49. The fourth-order valence-corrected chi connectivity index (χ4v) is 4.95. The van der Waals surface area contributed by atoms with Crippen molar-refractivity contribution >= 4 is 17.3 Å². The average Bonchev–Trinajstić information content (AvgIpc) is 2.61. The summed E-state index contributed by atoms with van der Waals surface area (Å²) in [7, 11) is 0. The normalized spacial score (nSPS) is 30.0. The lowest BCUT2D eigenvalue weighted by molar-refractivity contribution is -0.114. The monoisotopic (exact) mass is 328 g/mol. The van der Waals surface area contributed by atoms with Gasteiger partial charge in [0.25, 0.3) is 0 Å². The van der Waals surface area contributed by atoms with Crippen molar-refractivity contribution in [2.24, 2.45) is 11.8 Å². The van der Waals surface area contributed by atoms with Crippen LogP contribution in [0.2, 0.25) is 0 Å². The lowest BCUT2D eigenvalue weighted by atomic mass is 9.71. The Morgan fingerprint density at radius 1 is 1.17 bits per heavy atom. The molecular weight excluding hydrogens is 300 g/mol. The number of ether oxygens (including phenoxy) is 1. The molecule has 2 fully saturated rings. The molecule has 4 rings (SSSR count). The molecule has 1 aliphatic carbocycles. The number of rotatable bonds is 2. The summed E-state index contributed by atoms with van der Waals surface area (Å²) in [6.45, 7) is 2.40. The number of benzene rings is 1. The second-order valence-corrected chi connectivity index (χ2v) is 7.65.